The lowest BCUT2D eigenvalue weighted by Gasteiger charge is -2.22. The van der Waals surface area contributed by atoms with Crippen molar-refractivity contribution in [2.24, 2.45) is 0 Å². The van der Waals surface area contributed by atoms with Crippen LogP contribution in [0, 0.1) is 0 Å². The van der Waals surface area contributed by atoms with Gasteiger partial charge in [0.15, 0.2) is 5.75 Å². The number of carbonyl (C=O) groups excluding carboxylic acids is 3. The first-order chi connectivity index (χ1) is 9.95. The lowest BCUT2D eigenvalue weighted by molar-refractivity contribution is -0.142. The van der Waals surface area contributed by atoms with Crippen LogP contribution in [-0.4, -0.2) is 31.0 Å². The maximum absolute atomic E-state index is 11.8. The minimum atomic E-state index is -0.510. The Morgan fingerprint density at radius 2 is 1.81 bits per heavy atom. The molecule has 0 atom stereocenters. The molecule has 0 radical (unpaired) electrons. The van der Waals surface area contributed by atoms with Crippen LogP contribution in [0.25, 0.3) is 0 Å². The van der Waals surface area contributed by atoms with E-state index in [1.807, 2.05) is 6.92 Å². The molecular weight excluding hydrogens is 274 g/mol. The molecule has 0 spiro atoms. The van der Waals surface area contributed by atoms with Gasteiger partial charge in [-0.3, -0.25) is 19.3 Å². The Hall–Kier alpha value is -2.37. The van der Waals surface area contributed by atoms with Crippen molar-refractivity contribution in [2.45, 2.75) is 27.2 Å². The van der Waals surface area contributed by atoms with Gasteiger partial charge in [0.1, 0.15) is 6.54 Å². The van der Waals surface area contributed by atoms with Gasteiger partial charge in [-0.1, -0.05) is 19.1 Å². The Morgan fingerprint density at radius 1 is 1.14 bits per heavy atom. The van der Waals surface area contributed by atoms with E-state index in [1.165, 1.54) is 18.7 Å². The summed E-state index contributed by atoms with van der Waals surface area (Å²) in [6.07, 6.45) is 0.704. The molecule has 1 aromatic carbocycles. The Bertz CT molecular complexity index is 527. The zero-order valence-electron chi connectivity index (χ0n) is 12.4. The molecular formula is C15H19NO5. The number of esters is 2. The predicted octanol–water partition coefficient (Wildman–Crippen LogP) is 1.92. The molecule has 0 N–H and O–H groups in total. The van der Waals surface area contributed by atoms with Gasteiger partial charge >= 0.3 is 11.9 Å². The minimum absolute atomic E-state index is 0.225. The molecule has 0 fully saturated rings. The van der Waals surface area contributed by atoms with E-state index < -0.39 is 11.9 Å². The van der Waals surface area contributed by atoms with E-state index in [1.54, 1.807) is 24.3 Å². The molecule has 1 aromatic rings. The van der Waals surface area contributed by atoms with Gasteiger partial charge in [0.25, 0.3) is 0 Å². The SMILES string of the molecule is CCCOC(=O)CN(C(C)=O)c1ccccc1OC(C)=O. The fraction of sp³-hybridized carbons (Fsp3) is 0.400. The maximum atomic E-state index is 11.8. The zero-order chi connectivity index (χ0) is 15.8. The van der Waals surface area contributed by atoms with Crippen LogP contribution >= 0.6 is 0 Å². The third-order valence-corrected chi connectivity index (χ3v) is 2.54. The van der Waals surface area contributed by atoms with E-state index in [-0.39, 0.29) is 18.2 Å². The van der Waals surface area contributed by atoms with Gasteiger partial charge in [0.2, 0.25) is 5.91 Å². The van der Waals surface area contributed by atoms with Crippen LogP contribution in [0.3, 0.4) is 0 Å². The smallest absolute Gasteiger partial charge is 0.326 e. The third-order valence-electron chi connectivity index (χ3n) is 2.54. The van der Waals surface area contributed by atoms with Crippen molar-refractivity contribution < 1.29 is 23.9 Å². The Balaban J connectivity index is 2.98. The van der Waals surface area contributed by atoms with Gasteiger partial charge in [-0.15, -0.1) is 0 Å². The molecule has 114 valence electrons. The fourth-order valence-electron chi connectivity index (χ4n) is 1.68. The number of ether oxygens (including phenoxy) is 2. The molecule has 0 heterocycles. The zero-order valence-corrected chi connectivity index (χ0v) is 12.4. The van der Waals surface area contributed by atoms with Crippen LogP contribution in [0.2, 0.25) is 0 Å². The molecule has 0 saturated carbocycles. The third kappa shape index (κ3) is 5.25. The first-order valence-corrected chi connectivity index (χ1v) is 6.66. The number of rotatable bonds is 6. The Kier molecular flexibility index (Phi) is 6.39. The Labute approximate surface area is 123 Å². The molecule has 6 nitrogen and oxygen atoms in total. The molecule has 0 unspecified atom stereocenters. The molecule has 21 heavy (non-hydrogen) atoms. The second kappa shape index (κ2) is 8.04. The van der Waals surface area contributed by atoms with E-state index >= 15 is 0 Å². The summed E-state index contributed by atoms with van der Waals surface area (Å²) in [6.45, 7) is 4.55. The lowest BCUT2D eigenvalue weighted by Crippen LogP contribution is -2.35. The molecule has 0 bridgehead atoms. The van der Waals surface area contributed by atoms with Gasteiger partial charge in [0.05, 0.1) is 12.3 Å². The highest BCUT2D eigenvalue weighted by atomic mass is 16.5. The molecule has 0 aliphatic carbocycles. The number of hydrogen-bond acceptors (Lipinski definition) is 5. The first-order valence-electron chi connectivity index (χ1n) is 6.66. The first kappa shape index (κ1) is 16.7. The Morgan fingerprint density at radius 3 is 2.38 bits per heavy atom. The number of nitrogens with zero attached hydrogens (tertiary/aromatic N) is 1. The van der Waals surface area contributed by atoms with Crippen molar-refractivity contribution in [1.82, 2.24) is 0 Å². The minimum Gasteiger partial charge on any atom is -0.464 e. The van der Waals surface area contributed by atoms with E-state index in [4.69, 9.17) is 9.47 Å². The number of benzene rings is 1. The van der Waals surface area contributed by atoms with Crippen LogP contribution in [-0.2, 0) is 19.1 Å². The van der Waals surface area contributed by atoms with Gasteiger partial charge in [-0.2, -0.15) is 0 Å². The standard InChI is InChI=1S/C15H19NO5/c1-4-9-20-15(19)10-16(11(2)17)13-7-5-6-8-14(13)21-12(3)18/h5-8H,4,9-10H2,1-3H3. The summed E-state index contributed by atoms with van der Waals surface area (Å²) in [5.41, 5.74) is 0.355. The van der Waals surface area contributed by atoms with Crippen LogP contribution in [0.1, 0.15) is 27.2 Å². The van der Waals surface area contributed by atoms with Crippen LogP contribution < -0.4 is 9.64 Å². The average molecular weight is 293 g/mol. The highest BCUT2D eigenvalue weighted by molar-refractivity contribution is 5.97. The number of hydrogen-bond donors (Lipinski definition) is 0. The van der Waals surface area contributed by atoms with Crippen LogP contribution in [0.5, 0.6) is 5.75 Å². The summed E-state index contributed by atoms with van der Waals surface area (Å²) in [6, 6.07) is 6.53. The number of carbonyl (C=O) groups is 3. The molecule has 6 heteroatoms. The largest absolute Gasteiger partial charge is 0.464 e. The van der Waals surface area contributed by atoms with Gasteiger partial charge < -0.3 is 9.47 Å². The van der Waals surface area contributed by atoms with Crippen molar-refractivity contribution in [3.63, 3.8) is 0 Å². The van der Waals surface area contributed by atoms with Crippen LogP contribution in [0.4, 0.5) is 5.69 Å². The molecule has 0 aromatic heterocycles. The number of anilines is 1. The van der Waals surface area contributed by atoms with E-state index in [0.29, 0.717) is 18.7 Å². The molecule has 1 rings (SSSR count). The monoisotopic (exact) mass is 293 g/mol. The molecule has 0 saturated heterocycles. The summed E-state index contributed by atoms with van der Waals surface area (Å²) >= 11 is 0. The molecule has 1 amide bonds. The molecule has 0 aliphatic heterocycles. The van der Waals surface area contributed by atoms with E-state index in [2.05, 4.69) is 0 Å². The van der Waals surface area contributed by atoms with Crippen molar-refractivity contribution >= 4 is 23.5 Å². The van der Waals surface area contributed by atoms with Crippen molar-refractivity contribution in [3.05, 3.63) is 24.3 Å². The number of amides is 1. The van der Waals surface area contributed by atoms with Crippen molar-refractivity contribution in [1.29, 1.82) is 0 Å². The number of para-hydroxylation sites is 2. The maximum Gasteiger partial charge on any atom is 0.326 e. The molecule has 0 aliphatic rings. The summed E-state index contributed by atoms with van der Waals surface area (Å²) in [4.78, 5) is 35.8. The summed E-state index contributed by atoms with van der Waals surface area (Å²) in [5, 5.41) is 0. The summed E-state index contributed by atoms with van der Waals surface area (Å²) < 4.78 is 10.0. The predicted molar refractivity (Wildman–Crippen MR) is 77.0 cm³/mol. The highest BCUT2D eigenvalue weighted by Crippen LogP contribution is 2.28. The second-order valence-corrected chi connectivity index (χ2v) is 4.39. The van der Waals surface area contributed by atoms with E-state index in [0.717, 1.165) is 0 Å². The lowest BCUT2D eigenvalue weighted by atomic mass is 10.2. The second-order valence-electron chi connectivity index (χ2n) is 4.39. The quantitative estimate of drug-likeness (QED) is 0.592. The van der Waals surface area contributed by atoms with Crippen molar-refractivity contribution in [2.75, 3.05) is 18.1 Å². The van der Waals surface area contributed by atoms with E-state index in [9.17, 15) is 14.4 Å². The fourth-order valence-corrected chi connectivity index (χ4v) is 1.68. The van der Waals surface area contributed by atoms with Crippen LogP contribution in [0.15, 0.2) is 24.3 Å². The average Bonchev–Trinajstić information content (AvgIpc) is 2.42. The summed E-state index contributed by atoms with van der Waals surface area (Å²) in [5.74, 6) is -1.13. The van der Waals surface area contributed by atoms with Gasteiger partial charge in [0, 0.05) is 13.8 Å². The highest BCUT2D eigenvalue weighted by Gasteiger charge is 2.20. The summed E-state index contributed by atoms with van der Waals surface area (Å²) in [7, 11) is 0. The topological polar surface area (TPSA) is 72.9 Å². The van der Waals surface area contributed by atoms with Gasteiger partial charge in [-0.05, 0) is 18.6 Å². The van der Waals surface area contributed by atoms with Crippen molar-refractivity contribution in [3.8, 4) is 5.75 Å². The van der Waals surface area contributed by atoms with Gasteiger partial charge in [-0.25, -0.2) is 0 Å². The normalized spacial score (nSPS) is 9.86.